The maximum Gasteiger partial charge on any atom is 0.161 e. The Morgan fingerprint density at radius 2 is 0.517 bits per heavy atom. The summed E-state index contributed by atoms with van der Waals surface area (Å²) in [5.74, 6) is 2.32. The zero-order valence-corrected chi connectivity index (χ0v) is 87.4. The van der Waals surface area contributed by atoms with Crippen LogP contribution in [-0.4, -0.2) is 72.4 Å². The summed E-state index contributed by atoms with van der Waals surface area (Å²) < 4.78 is 12.5. The van der Waals surface area contributed by atoms with Gasteiger partial charge in [-0.05, 0) is 133 Å². The summed E-state index contributed by atoms with van der Waals surface area (Å²) in [6, 6.07) is 162. The molecule has 0 amide bonds. The molecule has 4 aliphatic rings. The highest BCUT2D eigenvalue weighted by atomic mass is 32.1. The Labute approximate surface area is 869 Å². The second-order valence-electron chi connectivity index (χ2n) is 42.1. The molecule has 0 saturated heterocycles. The van der Waals surface area contributed by atoms with E-state index in [0.717, 1.165) is 96.2 Å². The van der Waals surface area contributed by atoms with Crippen LogP contribution in [0.2, 0.25) is 39.3 Å². The predicted molar refractivity (Wildman–Crippen MR) is 633 cm³/mol. The minimum Gasteiger partial charge on any atom is -0.308 e. The number of para-hydroxylation sites is 8. The molecule has 3 aliphatic heterocycles. The van der Waals surface area contributed by atoms with Gasteiger partial charge in [0.15, 0.2) is 17.5 Å². The van der Waals surface area contributed by atoms with Crippen molar-refractivity contribution in [3.05, 3.63) is 460 Å². The van der Waals surface area contributed by atoms with Gasteiger partial charge in [0.2, 0.25) is 0 Å². The summed E-state index contributed by atoms with van der Waals surface area (Å²) in [4.78, 5) is 33.2. The molecule has 31 rings (SSSR count). The van der Waals surface area contributed by atoms with Crippen LogP contribution < -0.4 is 31.5 Å². The third kappa shape index (κ3) is 13.1. The lowest BCUT2D eigenvalue weighted by molar-refractivity contribution is 0.664. The van der Waals surface area contributed by atoms with Crippen LogP contribution in [0.1, 0.15) is 25.0 Å². The third-order valence-corrected chi connectivity index (χ3v) is 43.6. The maximum absolute atomic E-state index is 5.60. The van der Waals surface area contributed by atoms with Crippen LogP contribution in [0.5, 0.6) is 0 Å². The van der Waals surface area contributed by atoms with Crippen LogP contribution in [0.3, 0.4) is 0 Å². The zero-order chi connectivity index (χ0) is 99.6. The fourth-order valence-electron chi connectivity index (χ4n) is 25.6. The van der Waals surface area contributed by atoms with Gasteiger partial charge in [0.05, 0.1) is 83.0 Å². The molecule has 0 N–H and O–H groups in total. The highest BCUT2D eigenvalue weighted by Gasteiger charge is 2.47. The van der Waals surface area contributed by atoms with E-state index in [-0.39, 0.29) is 5.41 Å². The molecule has 14 heteroatoms. The summed E-state index contributed by atoms with van der Waals surface area (Å²) >= 11 is 1.88. The first-order valence-electron chi connectivity index (χ1n) is 51.6. The van der Waals surface area contributed by atoms with Crippen LogP contribution in [0.4, 0.5) is 0 Å². The Morgan fingerprint density at radius 3 is 0.940 bits per heavy atom. The molecule has 0 spiro atoms. The molecular formula is C135H98N10SSi3. The van der Waals surface area contributed by atoms with Gasteiger partial charge in [-0.1, -0.05) is 423 Å². The van der Waals surface area contributed by atoms with E-state index in [9.17, 15) is 0 Å². The normalized spacial score (nSPS) is 13.9. The fourth-order valence-corrected chi connectivity index (χ4v) is 35.6. The van der Waals surface area contributed by atoms with E-state index in [4.69, 9.17) is 29.9 Å². The van der Waals surface area contributed by atoms with E-state index in [0.29, 0.717) is 0 Å². The third-order valence-electron chi connectivity index (χ3n) is 32.4. The molecule has 0 radical (unpaired) electrons. The van der Waals surface area contributed by atoms with E-state index in [2.05, 4.69) is 520 Å². The first kappa shape index (κ1) is 88.0. The summed E-state index contributed by atoms with van der Waals surface area (Å²) in [6.07, 6.45) is 0. The van der Waals surface area contributed by atoms with Crippen LogP contribution in [0.15, 0.2) is 449 Å². The van der Waals surface area contributed by atoms with Crippen LogP contribution in [0.25, 0.3) is 243 Å². The monoisotopic (exact) mass is 1970 g/mol. The largest absolute Gasteiger partial charge is 0.308 e. The van der Waals surface area contributed by atoms with E-state index in [1.54, 1.807) is 0 Å². The fraction of sp³-hybridized carbons (Fsp3) is 0.0667. The Balaban J connectivity index is 0.000000105. The van der Waals surface area contributed by atoms with Gasteiger partial charge in [0.25, 0.3) is 0 Å². The van der Waals surface area contributed by atoms with Crippen molar-refractivity contribution in [3.8, 4) is 135 Å². The van der Waals surface area contributed by atoms with Crippen molar-refractivity contribution < 1.29 is 0 Å². The molecule has 11 heterocycles. The Hall–Kier alpha value is -17.5. The molecule has 0 saturated carbocycles. The van der Waals surface area contributed by atoms with Gasteiger partial charge in [-0.25, -0.2) is 29.9 Å². The van der Waals surface area contributed by atoms with E-state index < -0.39 is 24.2 Å². The lowest BCUT2D eigenvalue weighted by Gasteiger charge is -2.24. The first-order valence-corrected chi connectivity index (χ1v) is 61.4. The lowest BCUT2D eigenvalue weighted by Crippen LogP contribution is -2.50. The number of benzene rings is 19. The minimum atomic E-state index is -2.14. The van der Waals surface area contributed by atoms with Crippen molar-refractivity contribution in [1.82, 2.24) is 48.2 Å². The molecule has 0 fully saturated rings. The molecule has 0 bridgehead atoms. The van der Waals surface area contributed by atoms with Gasteiger partial charge in [-0.15, -0.1) is 11.3 Å². The Bertz CT molecular complexity index is 10300. The Kier molecular flexibility index (Phi) is 19.8. The summed E-state index contributed by atoms with van der Waals surface area (Å²) in [5, 5.41) is 20.4. The van der Waals surface area contributed by atoms with E-state index >= 15 is 0 Å². The lowest BCUT2D eigenvalue weighted by atomic mass is 9.81. The number of aromatic nitrogens is 10. The van der Waals surface area contributed by atoms with Crippen molar-refractivity contribution in [2.24, 2.45) is 0 Å². The second-order valence-corrected chi connectivity index (χ2v) is 56.0. The van der Waals surface area contributed by atoms with Gasteiger partial charge in [-0.2, -0.15) is 0 Å². The molecule has 27 aromatic rings. The van der Waals surface area contributed by atoms with Crippen molar-refractivity contribution >= 4 is 174 Å². The van der Waals surface area contributed by atoms with Gasteiger partial charge < -0.3 is 18.3 Å². The first-order chi connectivity index (χ1) is 73.0. The smallest absolute Gasteiger partial charge is 0.161 e. The maximum atomic E-state index is 5.60. The van der Waals surface area contributed by atoms with E-state index in [1.807, 2.05) is 11.3 Å². The van der Waals surface area contributed by atoms with Gasteiger partial charge in [0, 0.05) is 136 Å². The van der Waals surface area contributed by atoms with Crippen molar-refractivity contribution in [2.45, 2.75) is 58.5 Å². The highest BCUT2D eigenvalue weighted by molar-refractivity contribution is 7.26. The summed E-state index contributed by atoms with van der Waals surface area (Å²) in [6.45, 7) is 19.4. The number of rotatable bonds is 10. The molecule has 10 nitrogen and oxygen atoms in total. The van der Waals surface area contributed by atoms with E-state index in [1.165, 1.54) is 189 Å². The number of thiophene rings is 1. The molecule has 706 valence electrons. The standard InChI is InChI=1S/C48H34N4Si.C45H35N3Si.C42H29N3SSi/c1-53(2)42-28-16-12-24-38(42)43-44(31-17-5-3-6-18-31)49-47(50-48(43)53)37-23-11-15-27-41(37)52-40-26-14-10-22-34(40)36-30-29-35-33-21-9-13-25-39(33)51(45(35)46(36)52)32-19-7-4-8-20-32;1-45(2)35-22-12-8-18-29(35)31-26-27-32-30-19-9-13-23-36(30)48(42(32)40(31)45)37-24-14-10-20-33(37)43-46-41(28-16-6-5-7-17-28)39-34-21-11-15-25-38(34)49(3,4)44(39)47-43;1-47(2)36-23-13-9-19-32(36)37-38(26-14-4-3-5-15-26)43-41(44-42(37)47)31-18-7-11-21-34(31)45-33-20-10-6-16-27(33)29-24-25-30-28-17-8-12-22-35(28)46-40(30)39(29)45/h3-30H,1-2H3;5-27H,1-4H3;3-25H,1-2H3. The van der Waals surface area contributed by atoms with Gasteiger partial charge >= 0.3 is 0 Å². The molecule has 0 atom stereocenters. The molecule has 8 aromatic heterocycles. The number of hydrogen-bond acceptors (Lipinski definition) is 7. The summed E-state index contributed by atoms with van der Waals surface area (Å²) in [5.41, 5.74) is 36.1. The predicted octanol–water partition coefficient (Wildman–Crippen LogP) is 30.9. The number of nitrogens with zero attached hydrogens (tertiary/aromatic N) is 10. The molecule has 149 heavy (non-hydrogen) atoms. The van der Waals surface area contributed by atoms with Crippen molar-refractivity contribution in [3.63, 3.8) is 0 Å². The average Bonchev–Trinajstić information content (AvgIpc) is 1.53. The van der Waals surface area contributed by atoms with Crippen LogP contribution in [-0.2, 0) is 5.41 Å². The van der Waals surface area contributed by atoms with Crippen LogP contribution in [0, 0.1) is 0 Å². The minimum absolute atomic E-state index is 0.168. The second kappa shape index (κ2) is 33.5. The summed E-state index contributed by atoms with van der Waals surface area (Å²) in [7, 11) is -6.34. The quantitative estimate of drug-likeness (QED) is 0.127. The molecule has 1 aliphatic carbocycles. The van der Waals surface area contributed by atoms with Crippen molar-refractivity contribution in [2.75, 3.05) is 0 Å². The number of hydrogen-bond donors (Lipinski definition) is 0. The van der Waals surface area contributed by atoms with Gasteiger partial charge in [-0.3, -0.25) is 0 Å². The molecular weight excluding hydrogens is 1880 g/mol. The SMILES string of the molecule is CC1(C)c2ccccc2-c2ccc3c4ccccc4n(-c4ccccc4-c4nc(-c5ccccc5)c5c(n4)[Si](C)(C)c4ccccc4-5)c3c21.C[Si]1(C)c2ccccc2-c2c(-c3ccccc3)nc(-c3ccccc3-n3c4ccccc4c4ccc5c6ccccc6n(-c6ccccc6)c5c43)nc21.C[Si]1(C)c2ccccc2-c2c(-c3ccccc3)nc(-c3ccccc3-n3c4ccccc4c4ccc5c6ccccc6sc5c43)nc21. The topological polar surface area (TPSA) is 97.1 Å². The number of fused-ring (bicyclic) bond motifs is 30. The average molecular weight is 1980 g/mol. The molecule has 19 aromatic carbocycles. The zero-order valence-electron chi connectivity index (χ0n) is 83.6. The van der Waals surface area contributed by atoms with Gasteiger partial charge in [0.1, 0.15) is 24.2 Å². The highest BCUT2D eigenvalue weighted by Crippen LogP contribution is 2.55. The van der Waals surface area contributed by atoms with Crippen LogP contribution >= 0.6 is 11.3 Å². The molecule has 0 unspecified atom stereocenters. The van der Waals surface area contributed by atoms with Crippen molar-refractivity contribution in [1.29, 1.82) is 0 Å². The Morgan fingerprint density at radius 1 is 0.221 bits per heavy atom.